The molecule has 2 aromatic rings. The number of hydrogen-bond donors (Lipinski definition) is 1. The van der Waals surface area contributed by atoms with E-state index in [2.05, 4.69) is 4.98 Å². The van der Waals surface area contributed by atoms with Gasteiger partial charge in [-0.2, -0.15) is 18.4 Å². The van der Waals surface area contributed by atoms with E-state index in [1.807, 2.05) is 0 Å². The first-order valence-corrected chi connectivity index (χ1v) is 6.23. The summed E-state index contributed by atoms with van der Waals surface area (Å²) in [6.07, 6.45) is -3.01. The van der Waals surface area contributed by atoms with Crippen LogP contribution in [-0.2, 0) is 6.18 Å². The molecule has 1 aromatic carbocycles. The van der Waals surface area contributed by atoms with Crippen LogP contribution in [-0.4, -0.2) is 4.98 Å². The molecule has 7 heteroatoms. The number of nitrogens with two attached hydrogens (primary N) is 1. The number of halogens is 3. The van der Waals surface area contributed by atoms with Gasteiger partial charge in [0.25, 0.3) is 0 Å². The number of nitrogens with zero attached hydrogens (tertiary/aromatic N) is 2. The Balaban J connectivity index is 2.37. The van der Waals surface area contributed by atoms with Gasteiger partial charge >= 0.3 is 6.18 Å². The van der Waals surface area contributed by atoms with E-state index < -0.39 is 17.3 Å². The number of hydrogen-bond acceptors (Lipinski definition) is 4. The third-order valence-corrected chi connectivity index (χ3v) is 3.46. The van der Waals surface area contributed by atoms with E-state index in [1.54, 1.807) is 18.2 Å². The molecule has 0 saturated carbocycles. The number of benzene rings is 1. The molecule has 20 heavy (non-hydrogen) atoms. The zero-order valence-corrected chi connectivity index (χ0v) is 10.8. The van der Waals surface area contributed by atoms with Crippen LogP contribution in [0.25, 0.3) is 0 Å². The number of nitriles is 1. The molecule has 0 saturated heterocycles. The summed E-state index contributed by atoms with van der Waals surface area (Å²) in [6, 6.07) is 8.23. The maximum absolute atomic E-state index is 12.7. The van der Waals surface area contributed by atoms with Gasteiger partial charge in [0.15, 0.2) is 0 Å². The van der Waals surface area contributed by atoms with Crippen molar-refractivity contribution >= 4 is 17.4 Å². The van der Waals surface area contributed by atoms with Gasteiger partial charge in [0, 0.05) is 11.1 Å². The minimum Gasteiger partial charge on any atom is -0.397 e. The minimum absolute atomic E-state index is 0.419. The number of nitrogen functional groups attached to an aromatic ring is 1. The van der Waals surface area contributed by atoms with Crippen LogP contribution in [0.1, 0.15) is 11.1 Å². The van der Waals surface area contributed by atoms with Crippen molar-refractivity contribution in [3.05, 3.63) is 47.7 Å². The van der Waals surface area contributed by atoms with Gasteiger partial charge in [0.1, 0.15) is 5.03 Å². The average Bonchev–Trinajstić information content (AvgIpc) is 2.40. The van der Waals surface area contributed by atoms with Gasteiger partial charge in [-0.1, -0.05) is 11.8 Å². The van der Waals surface area contributed by atoms with Gasteiger partial charge in [-0.05, 0) is 30.3 Å². The Morgan fingerprint density at radius 1 is 1.25 bits per heavy atom. The Hall–Kier alpha value is -2.20. The predicted octanol–water partition coefficient (Wildman–Crippen LogP) is 3.71. The Morgan fingerprint density at radius 2 is 2.00 bits per heavy atom. The van der Waals surface area contributed by atoms with Crippen molar-refractivity contribution in [1.29, 1.82) is 5.26 Å². The lowest BCUT2D eigenvalue weighted by Crippen LogP contribution is -2.07. The number of alkyl halides is 3. The molecule has 1 aromatic heterocycles. The van der Waals surface area contributed by atoms with E-state index >= 15 is 0 Å². The molecule has 1 heterocycles. The molecule has 0 aliphatic rings. The molecule has 102 valence electrons. The number of rotatable bonds is 2. The van der Waals surface area contributed by atoms with E-state index in [1.165, 1.54) is 18.3 Å². The van der Waals surface area contributed by atoms with Crippen molar-refractivity contribution in [3.8, 4) is 6.07 Å². The lowest BCUT2D eigenvalue weighted by molar-refractivity contribution is -0.137. The summed E-state index contributed by atoms with van der Waals surface area (Å²) in [7, 11) is 0. The molecule has 0 aliphatic carbocycles. The quantitative estimate of drug-likeness (QED) is 0.917. The molecule has 0 radical (unpaired) electrons. The fraction of sp³-hybridized carbons (Fsp3) is 0.0769. The van der Waals surface area contributed by atoms with Crippen LogP contribution in [0.5, 0.6) is 0 Å². The molecule has 2 N–H and O–H groups in total. The van der Waals surface area contributed by atoms with Crippen LogP contribution in [0.15, 0.2) is 46.5 Å². The highest BCUT2D eigenvalue weighted by Crippen LogP contribution is 2.36. The Bertz CT molecular complexity index is 677. The maximum Gasteiger partial charge on any atom is 0.417 e. The molecule has 0 spiro atoms. The first-order valence-electron chi connectivity index (χ1n) is 5.41. The number of aromatic nitrogens is 1. The first-order chi connectivity index (χ1) is 9.41. The highest BCUT2D eigenvalue weighted by atomic mass is 32.2. The molecule has 0 fully saturated rings. The van der Waals surface area contributed by atoms with Crippen molar-refractivity contribution in [3.63, 3.8) is 0 Å². The van der Waals surface area contributed by atoms with Crippen LogP contribution in [0, 0.1) is 11.3 Å². The second-order valence-electron chi connectivity index (χ2n) is 3.82. The van der Waals surface area contributed by atoms with E-state index in [0.29, 0.717) is 15.6 Å². The predicted molar refractivity (Wildman–Crippen MR) is 68.9 cm³/mol. The number of anilines is 1. The van der Waals surface area contributed by atoms with Crippen LogP contribution in [0.2, 0.25) is 0 Å². The van der Waals surface area contributed by atoms with Crippen molar-refractivity contribution < 1.29 is 13.2 Å². The summed E-state index contributed by atoms with van der Waals surface area (Å²) in [5.74, 6) is 0. The topological polar surface area (TPSA) is 62.7 Å². The van der Waals surface area contributed by atoms with Crippen molar-refractivity contribution in [2.45, 2.75) is 16.1 Å². The fourth-order valence-corrected chi connectivity index (χ4v) is 2.36. The molecule has 0 amide bonds. The van der Waals surface area contributed by atoms with Gasteiger partial charge in [-0.3, -0.25) is 0 Å². The molecule has 0 aliphatic heterocycles. The average molecular weight is 295 g/mol. The third kappa shape index (κ3) is 3.03. The first kappa shape index (κ1) is 14.2. The summed E-state index contributed by atoms with van der Waals surface area (Å²) in [6.45, 7) is 0. The lowest BCUT2D eigenvalue weighted by Gasteiger charge is -2.10. The van der Waals surface area contributed by atoms with Crippen molar-refractivity contribution in [2.75, 3.05) is 5.73 Å². The number of pyridine rings is 1. The summed E-state index contributed by atoms with van der Waals surface area (Å²) >= 11 is 1.11. The van der Waals surface area contributed by atoms with Crippen LogP contribution >= 0.6 is 11.8 Å². The van der Waals surface area contributed by atoms with Crippen molar-refractivity contribution in [1.82, 2.24) is 4.98 Å². The largest absolute Gasteiger partial charge is 0.417 e. The van der Waals surface area contributed by atoms with Crippen LogP contribution in [0.3, 0.4) is 0 Å². The van der Waals surface area contributed by atoms with E-state index in [-0.39, 0.29) is 0 Å². The summed E-state index contributed by atoms with van der Waals surface area (Å²) in [4.78, 5) is 4.51. The zero-order valence-electron chi connectivity index (χ0n) is 9.98. The van der Waals surface area contributed by atoms with Gasteiger partial charge in [0.05, 0.1) is 22.9 Å². The summed E-state index contributed by atoms with van der Waals surface area (Å²) in [5.41, 5.74) is 4.77. The molecule has 3 nitrogen and oxygen atoms in total. The molecule has 2 rings (SSSR count). The molecule has 0 unspecified atom stereocenters. The van der Waals surface area contributed by atoms with Gasteiger partial charge in [-0.15, -0.1) is 0 Å². The smallest absolute Gasteiger partial charge is 0.397 e. The van der Waals surface area contributed by atoms with Gasteiger partial charge in [-0.25, -0.2) is 4.98 Å². The third-order valence-electron chi connectivity index (χ3n) is 2.43. The Kier molecular flexibility index (Phi) is 3.86. The Labute approximate surface area is 117 Å². The van der Waals surface area contributed by atoms with Crippen LogP contribution < -0.4 is 5.73 Å². The van der Waals surface area contributed by atoms with Gasteiger partial charge < -0.3 is 5.73 Å². The van der Waals surface area contributed by atoms with Crippen molar-refractivity contribution in [2.24, 2.45) is 0 Å². The van der Waals surface area contributed by atoms with E-state index in [4.69, 9.17) is 11.0 Å². The molecular formula is C13H8F3N3S. The standard InChI is InChI=1S/C13H8F3N3S/c14-13(15,16)10-4-3-9(6-8(10)7-17)20-12-11(18)2-1-5-19-12/h1-6H,18H2. The fourth-order valence-electron chi connectivity index (χ4n) is 1.53. The zero-order chi connectivity index (χ0) is 14.8. The maximum atomic E-state index is 12.7. The Morgan fingerprint density at radius 3 is 2.60 bits per heavy atom. The van der Waals surface area contributed by atoms with Crippen LogP contribution in [0.4, 0.5) is 18.9 Å². The van der Waals surface area contributed by atoms with E-state index in [9.17, 15) is 13.2 Å². The second kappa shape index (κ2) is 5.43. The monoisotopic (exact) mass is 295 g/mol. The van der Waals surface area contributed by atoms with Gasteiger partial charge in [0.2, 0.25) is 0 Å². The normalized spacial score (nSPS) is 11.1. The molecular weight excluding hydrogens is 287 g/mol. The SMILES string of the molecule is N#Cc1cc(Sc2ncccc2N)ccc1C(F)(F)F. The highest BCUT2D eigenvalue weighted by molar-refractivity contribution is 7.99. The lowest BCUT2D eigenvalue weighted by atomic mass is 10.1. The highest BCUT2D eigenvalue weighted by Gasteiger charge is 2.33. The minimum atomic E-state index is -4.54. The summed E-state index contributed by atoms with van der Waals surface area (Å²) in [5, 5.41) is 9.31. The molecule has 0 bridgehead atoms. The summed E-state index contributed by atoms with van der Waals surface area (Å²) < 4.78 is 38.0. The molecule has 0 atom stereocenters. The van der Waals surface area contributed by atoms with E-state index in [0.717, 1.165) is 17.8 Å². The second-order valence-corrected chi connectivity index (χ2v) is 4.88.